The first-order valence-corrected chi connectivity index (χ1v) is 7.15. The van der Waals surface area contributed by atoms with E-state index in [9.17, 15) is 5.11 Å². The molecule has 0 fully saturated rings. The number of nitrogens with zero attached hydrogens (tertiary/aromatic N) is 3. The molecule has 5 nitrogen and oxygen atoms in total. The van der Waals surface area contributed by atoms with E-state index >= 15 is 0 Å². The highest BCUT2D eigenvalue weighted by Gasteiger charge is 2.25. The predicted octanol–water partition coefficient (Wildman–Crippen LogP) is 2.30. The van der Waals surface area contributed by atoms with Gasteiger partial charge in [0, 0.05) is 12.1 Å². The summed E-state index contributed by atoms with van der Waals surface area (Å²) in [6.45, 7) is 0. The minimum atomic E-state index is -0.488. The molecule has 0 N–H and O–H groups in total. The van der Waals surface area contributed by atoms with Gasteiger partial charge in [0.1, 0.15) is 0 Å². The Morgan fingerprint density at radius 1 is 1.00 bits per heavy atom. The minimum absolute atomic E-state index is 0.349. The molecular weight excluding hydrogens is 286 g/mol. The van der Waals surface area contributed by atoms with Crippen LogP contribution in [0.1, 0.15) is 0 Å². The van der Waals surface area contributed by atoms with Crippen LogP contribution >= 0.6 is 11.3 Å². The molecule has 2 heterocycles. The fraction of sp³-hybridized carbons (Fsp3) is 0. The van der Waals surface area contributed by atoms with Gasteiger partial charge in [0.05, 0.1) is 15.5 Å². The van der Waals surface area contributed by atoms with E-state index in [1.165, 1.54) is 16.0 Å². The van der Waals surface area contributed by atoms with Crippen LogP contribution in [0.25, 0.3) is 26.6 Å². The lowest BCUT2D eigenvalue weighted by atomic mass is 10.3. The lowest BCUT2D eigenvalue weighted by Gasteiger charge is -1.93. The molecule has 0 amide bonds. The standard InChI is InChI=1S/C15H9N3O2S/c19-15-13(14-16-11-8-4-5-9-12(11)21-14)18(17-20-15)10-6-2-1-3-7-10/h1-9H. The summed E-state index contributed by atoms with van der Waals surface area (Å²) in [5.74, 6) is -0.488. The van der Waals surface area contributed by atoms with Gasteiger partial charge in [-0.15, -0.1) is 11.3 Å². The zero-order valence-electron chi connectivity index (χ0n) is 10.8. The quantitative estimate of drug-likeness (QED) is 0.532. The van der Waals surface area contributed by atoms with Crippen molar-refractivity contribution in [3.8, 4) is 22.3 Å². The average Bonchev–Trinajstić information content (AvgIpc) is 3.11. The molecule has 0 atom stereocenters. The number of aromatic nitrogens is 3. The summed E-state index contributed by atoms with van der Waals surface area (Å²) < 4.78 is 7.33. The van der Waals surface area contributed by atoms with Crippen LogP contribution < -0.4 is 9.79 Å². The van der Waals surface area contributed by atoms with Crippen LogP contribution in [0, 0.1) is 0 Å². The second-order valence-electron chi connectivity index (χ2n) is 4.44. The molecule has 0 saturated carbocycles. The van der Waals surface area contributed by atoms with Crippen molar-refractivity contribution in [3.05, 3.63) is 54.6 Å². The van der Waals surface area contributed by atoms with Crippen LogP contribution in [-0.4, -0.2) is 10.3 Å². The maximum absolute atomic E-state index is 12.0. The zero-order chi connectivity index (χ0) is 14.2. The third-order valence-corrected chi connectivity index (χ3v) is 4.15. The Bertz CT molecular complexity index is 882. The van der Waals surface area contributed by atoms with Gasteiger partial charge >= 0.3 is 0 Å². The zero-order valence-corrected chi connectivity index (χ0v) is 11.6. The Morgan fingerprint density at radius 3 is 2.57 bits per heavy atom. The lowest BCUT2D eigenvalue weighted by molar-refractivity contribution is -0.660. The van der Waals surface area contributed by atoms with Crippen molar-refractivity contribution >= 4 is 21.6 Å². The molecular formula is C15H9N3O2S. The lowest BCUT2D eigenvalue weighted by Crippen LogP contribution is -2.34. The van der Waals surface area contributed by atoms with E-state index in [1.807, 2.05) is 54.6 Å². The molecule has 6 heteroatoms. The summed E-state index contributed by atoms with van der Waals surface area (Å²) in [5.41, 5.74) is 1.97. The molecule has 0 saturated heterocycles. The highest BCUT2D eigenvalue weighted by molar-refractivity contribution is 7.21. The summed E-state index contributed by atoms with van der Waals surface area (Å²) in [5, 5.41) is 16.4. The van der Waals surface area contributed by atoms with E-state index in [0.717, 1.165) is 15.9 Å². The molecule has 0 bridgehead atoms. The van der Waals surface area contributed by atoms with Gasteiger partial charge in [-0.2, -0.15) is 0 Å². The molecule has 21 heavy (non-hydrogen) atoms. The second-order valence-corrected chi connectivity index (χ2v) is 5.47. The summed E-state index contributed by atoms with van der Waals surface area (Å²) >= 11 is 1.45. The summed E-state index contributed by atoms with van der Waals surface area (Å²) in [6, 6.07) is 17.1. The number of hydrogen-bond acceptors (Lipinski definition) is 5. The van der Waals surface area contributed by atoms with E-state index in [2.05, 4.69) is 10.3 Å². The van der Waals surface area contributed by atoms with Gasteiger partial charge in [-0.3, -0.25) is 0 Å². The topological polar surface area (TPSA) is 65.9 Å². The van der Waals surface area contributed by atoms with Crippen molar-refractivity contribution in [2.24, 2.45) is 0 Å². The van der Waals surface area contributed by atoms with Crippen LogP contribution in [0.4, 0.5) is 0 Å². The molecule has 0 aliphatic carbocycles. The highest BCUT2D eigenvalue weighted by atomic mass is 32.1. The van der Waals surface area contributed by atoms with Gasteiger partial charge in [0.15, 0.2) is 11.0 Å². The fourth-order valence-electron chi connectivity index (χ4n) is 2.15. The molecule has 0 aliphatic heterocycles. The monoisotopic (exact) mass is 295 g/mol. The SMILES string of the molecule is [O-]c1on[n+](-c2ccccc2)c1-c1nc2ccccc2s1. The maximum Gasteiger partial charge on any atom is 0.299 e. The van der Waals surface area contributed by atoms with Gasteiger partial charge in [0.25, 0.3) is 5.69 Å². The molecule has 0 unspecified atom stereocenters. The Hall–Kier alpha value is -2.73. The van der Waals surface area contributed by atoms with Crippen molar-refractivity contribution < 1.29 is 14.3 Å². The summed E-state index contributed by atoms with van der Waals surface area (Å²) in [7, 11) is 0. The first-order chi connectivity index (χ1) is 10.3. The third kappa shape index (κ3) is 1.96. The second kappa shape index (κ2) is 4.68. The molecule has 2 aromatic heterocycles. The highest BCUT2D eigenvalue weighted by Crippen LogP contribution is 2.32. The Labute approximate surface area is 123 Å². The maximum atomic E-state index is 12.0. The molecule has 0 spiro atoms. The smallest absolute Gasteiger partial charge is 0.299 e. The number of hydrogen-bond donors (Lipinski definition) is 0. The van der Waals surface area contributed by atoms with E-state index in [4.69, 9.17) is 4.52 Å². The number of rotatable bonds is 2. The average molecular weight is 295 g/mol. The van der Waals surface area contributed by atoms with Gasteiger partial charge < -0.3 is 9.63 Å². The fourth-order valence-corrected chi connectivity index (χ4v) is 3.13. The first kappa shape index (κ1) is 12.0. The molecule has 4 rings (SSSR count). The van der Waals surface area contributed by atoms with E-state index in [-0.39, 0.29) is 0 Å². The van der Waals surface area contributed by atoms with Gasteiger partial charge in [-0.1, -0.05) is 30.3 Å². The van der Waals surface area contributed by atoms with E-state index < -0.39 is 5.95 Å². The number of benzene rings is 2. The normalized spacial score (nSPS) is 11.0. The molecule has 4 aromatic rings. The van der Waals surface area contributed by atoms with Crippen LogP contribution in [-0.2, 0) is 0 Å². The first-order valence-electron chi connectivity index (χ1n) is 6.33. The summed E-state index contributed by atoms with van der Waals surface area (Å²) in [6.07, 6.45) is 0. The van der Waals surface area contributed by atoms with Crippen molar-refractivity contribution in [2.75, 3.05) is 0 Å². The predicted molar refractivity (Wildman–Crippen MR) is 76.1 cm³/mol. The largest absolute Gasteiger partial charge is 0.539 e. The van der Waals surface area contributed by atoms with Crippen molar-refractivity contribution in [1.82, 2.24) is 10.3 Å². The number of fused-ring (bicyclic) bond motifs is 1. The van der Waals surface area contributed by atoms with Crippen molar-refractivity contribution in [1.29, 1.82) is 0 Å². The number of thiazole rings is 1. The molecule has 0 radical (unpaired) electrons. The Morgan fingerprint density at radius 2 is 1.76 bits per heavy atom. The van der Waals surface area contributed by atoms with Gasteiger partial charge in [-0.05, 0) is 16.8 Å². The van der Waals surface area contributed by atoms with E-state index in [1.54, 1.807) is 0 Å². The molecule has 2 aromatic carbocycles. The van der Waals surface area contributed by atoms with Crippen LogP contribution in [0.3, 0.4) is 0 Å². The summed E-state index contributed by atoms with van der Waals surface area (Å²) in [4.78, 5) is 4.50. The van der Waals surface area contributed by atoms with Gasteiger partial charge in [0.2, 0.25) is 5.69 Å². The molecule has 102 valence electrons. The van der Waals surface area contributed by atoms with Gasteiger partial charge in [-0.25, -0.2) is 4.98 Å². The molecule has 0 aliphatic rings. The van der Waals surface area contributed by atoms with Crippen molar-refractivity contribution in [2.45, 2.75) is 0 Å². The van der Waals surface area contributed by atoms with Crippen molar-refractivity contribution in [3.63, 3.8) is 0 Å². The van der Waals surface area contributed by atoms with Crippen LogP contribution in [0.15, 0.2) is 59.1 Å². The minimum Gasteiger partial charge on any atom is -0.539 e. The Balaban J connectivity index is 1.94. The van der Waals surface area contributed by atoms with E-state index in [0.29, 0.717) is 10.7 Å². The van der Waals surface area contributed by atoms with Crippen LogP contribution in [0.2, 0.25) is 0 Å². The Kier molecular flexibility index (Phi) is 2.68. The third-order valence-electron chi connectivity index (χ3n) is 3.11. The number of para-hydroxylation sites is 2. The van der Waals surface area contributed by atoms with Crippen LogP contribution in [0.5, 0.6) is 5.95 Å².